The van der Waals surface area contributed by atoms with Crippen molar-refractivity contribution in [2.75, 3.05) is 19.3 Å². The van der Waals surface area contributed by atoms with Crippen molar-refractivity contribution in [1.82, 2.24) is 24.4 Å². The van der Waals surface area contributed by atoms with Gasteiger partial charge in [-0.2, -0.15) is 0 Å². The zero-order valence-electron chi connectivity index (χ0n) is 12.9. The summed E-state index contributed by atoms with van der Waals surface area (Å²) >= 11 is 0. The van der Waals surface area contributed by atoms with E-state index in [1.807, 2.05) is 4.57 Å². The SMILES string of the molecule is CN(CC1CCC(n2cnc3c(N)ncnc32)O1)C1CCC1. The van der Waals surface area contributed by atoms with E-state index in [4.69, 9.17) is 10.5 Å². The van der Waals surface area contributed by atoms with Crippen LogP contribution >= 0.6 is 0 Å². The van der Waals surface area contributed by atoms with Crippen molar-refractivity contribution in [3.8, 4) is 0 Å². The van der Waals surface area contributed by atoms with E-state index in [9.17, 15) is 0 Å². The summed E-state index contributed by atoms with van der Waals surface area (Å²) in [6, 6.07) is 0.754. The van der Waals surface area contributed by atoms with Gasteiger partial charge in [-0.05, 0) is 32.7 Å². The minimum atomic E-state index is -0.000842. The van der Waals surface area contributed by atoms with Crippen molar-refractivity contribution >= 4 is 17.0 Å². The molecular weight excluding hydrogens is 280 g/mol. The van der Waals surface area contributed by atoms with Crippen LogP contribution in [0, 0.1) is 0 Å². The lowest BCUT2D eigenvalue weighted by atomic mass is 9.91. The summed E-state index contributed by atoms with van der Waals surface area (Å²) in [7, 11) is 2.21. The molecule has 1 saturated carbocycles. The fourth-order valence-corrected chi connectivity index (χ4v) is 3.40. The van der Waals surface area contributed by atoms with Crippen LogP contribution in [0.3, 0.4) is 0 Å². The molecule has 2 aromatic heterocycles. The van der Waals surface area contributed by atoms with Crippen molar-refractivity contribution in [3.05, 3.63) is 12.7 Å². The second-order valence-electron chi connectivity index (χ2n) is 6.40. The van der Waals surface area contributed by atoms with Crippen LogP contribution in [0.2, 0.25) is 0 Å². The van der Waals surface area contributed by atoms with E-state index in [1.54, 1.807) is 6.33 Å². The Labute approximate surface area is 129 Å². The standard InChI is InChI=1S/C15H22N6O/c1-20(10-3-2-4-10)7-11-5-6-12(22-11)21-9-19-13-14(16)17-8-18-15(13)21/h8-12H,2-7H2,1H3,(H2,16,17,18). The summed E-state index contributed by atoms with van der Waals surface area (Å²) in [4.78, 5) is 15.1. The molecule has 0 aromatic carbocycles. The van der Waals surface area contributed by atoms with E-state index < -0.39 is 0 Å². The average molecular weight is 302 g/mol. The van der Waals surface area contributed by atoms with Crippen LogP contribution in [0.4, 0.5) is 5.82 Å². The predicted molar refractivity (Wildman–Crippen MR) is 83.1 cm³/mol. The smallest absolute Gasteiger partial charge is 0.167 e. The van der Waals surface area contributed by atoms with Crippen molar-refractivity contribution < 1.29 is 4.74 Å². The zero-order chi connectivity index (χ0) is 15.1. The zero-order valence-corrected chi connectivity index (χ0v) is 12.9. The number of nitrogens with two attached hydrogens (primary N) is 1. The van der Waals surface area contributed by atoms with Crippen LogP contribution in [0.15, 0.2) is 12.7 Å². The Morgan fingerprint density at radius 1 is 1.27 bits per heavy atom. The van der Waals surface area contributed by atoms with Crippen LogP contribution in [0.1, 0.15) is 38.3 Å². The van der Waals surface area contributed by atoms with Crippen LogP contribution in [-0.4, -0.2) is 50.2 Å². The lowest BCUT2D eigenvalue weighted by molar-refractivity contribution is -0.0184. The monoisotopic (exact) mass is 302 g/mol. The molecule has 0 spiro atoms. The first-order valence-corrected chi connectivity index (χ1v) is 8.01. The number of rotatable bonds is 4. The van der Waals surface area contributed by atoms with Crippen molar-refractivity contribution in [2.24, 2.45) is 0 Å². The minimum Gasteiger partial charge on any atom is -0.382 e. The summed E-state index contributed by atoms with van der Waals surface area (Å²) in [6.07, 6.45) is 9.60. The number of nitrogens with zero attached hydrogens (tertiary/aromatic N) is 5. The van der Waals surface area contributed by atoms with Gasteiger partial charge in [-0.15, -0.1) is 0 Å². The Bertz CT molecular complexity index is 667. The summed E-state index contributed by atoms with van der Waals surface area (Å²) in [5.41, 5.74) is 7.25. The fourth-order valence-electron chi connectivity index (χ4n) is 3.40. The highest BCUT2D eigenvalue weighted by atomic mass is 16.5. The van der Waals surface area contributed by atoms with Gasteiger partial charge in [0.2, 0.25) is 0 Å². The van der Waals surface area contributed by atoms with Crippen molar-refractivity contribution in [3.63, 3.8) is 0 Å². The molecule has 118 valence electrons. The van der Waals surface area contributed by atoms with E-state index in [2.05, 4.69) is 26.9 Å². The third-order valence-electron chi connectivity index (χ3n) is 4.97. The third kappa shape index (κ3) is 2.34. The highest BCUT2D eigenvalue weighted by Crippen LogP contribution is 2.32. The molecule has 2 unspecified atom stereocenters. The Kier molecular flexibility index (Phi) is 3.46. The molecule has 0 amide bonds. The summed E-state index contributed by atoms with van der Waals surface area (Å²) in [6.45, 7) is 1.00. The number of nitrogen functional groups attached to an aromatic ring is 1. The molecule has 3 heterocycles. The largest absolute Gasteiger partial charge is 0.382 e. The Balaban J connectivity index is 1.46. The molecule has 7 heteroatoms. The molecule has 4 rings (SSSR count). The molecule has 1 aliphatic heterocycles. The topological polar surface area (TPSA) is 82.1 Å². The van der Waals surface area contributed by atoms with Crippen LogP contribution in [0.25, 0.3) is 11.2 Å². The number of likely N-dealkylation sites (N-methyl/N-ethyl adjacent to an activating group) is 1. The van der Waals surface area contributed by atoms with Gasteiger partial charge in [0, 0.05) is 12.6 Å². The molecule has 22 heavy (non-hydrogen) atoms. The Morgan fingerprint density at radius 3 is 2.91 bits per heavy atom. The van der Waals surface area contributed by atoms with Gasteiger partial charge in [0.25, 0.3) is 0 Å². The molecule has 7 nitrogen and oxygen atoms in total. The number of ether oxygens (including phenoxy) is 1. The average Bonchev–Trinajstić information content (AvgIpc) is 3.03. The fraction of sp³-hybridized carbons (Fsp3) is 0.667. The molecule has 2 aliphatic rings. The van der Waals surface area contributed by atoms with Gasteiger partial charge in [0.1, 0.15) is 18.1 Å². The second kappa shape index (κ2) is 5.48. The van der Waals surface area contributed by atoms with E-state index in [-0.39, 0.29) is 12.3 Å². The van der Waals surface area contributed by atoms with Gasteiger partial charge in [-0.1, -0.05) is 6.42 Å². The lowest BCUT2D eigenvalue weighted by Gasteiger charge is -2.36. The third-order valence-corrected chi connectivity index (χ3v) is 4.97. The maximum absolute atomic E-state index is 6.22. The summed E-state index contributed by atoms with van der Waals surface area (Å²) in [5.74, 6) is 0.419. The van der Waals surface area contributed by atoms with Gasteiger partial charge >= 0.3 is 0 Å². The normalized spacial score (nSPS) is 25.9. The highest BCUT2D eigenvalue weighted by Gasteiger charge is 2.31. The minimum absolute atomic E-state index is 0.000842. The molecule has 0 radical (unpaired) electrons. The molecule has 2 aromatic rings. The number of aromatic nitrogens is 4. The molecule has 1 saturated heterocycles. The maximum atomic E-state index is 6.22. The van der Waals surface area contributed by atoms with Crippen LogP contribution in [-0.2, 0) is 4.74 Å². The quantitative estimate of drug-likeness (QED) is 0.923. The van der Waals surface area contributed by atoms with Gasteiger partial charge in [-0.25, -0.2) is 15.0 Å². The Morgan fingerprint density at radius 2 is 2.14 bits per heavy atom. The van der Waals surface area contributed by atoms with Crippen molar-refractivity contribution in [1.29, 1.82) is 0 Å². The van der Waals surface area contributed by atoms with E-state index in [1.165, 1.54) is 25.6 Å². The van der Waals surface area contributed by atoms with Crippen LogP contribution in [0.5, 0.6) is 0 Å². The number of anilines is 1. The highest BCUT2D eigenvalue weighted by molar-refractivity contribution is 5.81. The second-order valence-corrected chi connectivity index (χ2v) is 6.40. The molecule has 2 N–H and O–H groups in total. The van der Waals surface area contributed by atoms with Crippen LogP contribution < -0.4 is 5.73 Å². The lowest BCUT2D eigenvalue weighted by Crippen LogP contribution is -2.41. The van der Waals surface area contributed by atoms with E-state index >= 15 is 0 Å². The van der Waals surface area contributed by atoms with Gasteiger partial charge < -0.3 is 15.4 Å². The Hall–Kier alpha value is -1.73. The molecule has 0 bridgehead atoms. The first kappa shape index (κ1) is 13.9. The van der Waals surface area contributed by atoms with E-state index in [0.717, 1.165) is 31.1 Å². The maximum Gasteiger partial charge on any atom is 0.167 e. The van der Waals surface area contributed by atoms with Crippen molar-refractivity contribution in [2.45, 2.75) is 50.5 Å². The predicted octanol–water partition coefficient (Wildman–Crippen LogP) is 1.57. The number of hydrogen-bond acceptors (Lipinski definition) is 6. The molecular formula is C15H22N6O. The first-order valence-electron chi connectivity index (χ1n) is 8.01. The number of fused-ring (bicyclic) bond motifs is 1. The van der Waals surface area contributed by atoms with Gasteiger partial charge in [-0.3, -0.25) is 4.57 Å². The number of imidazole rings is 1. The van der Waals surface area contributed by atoms with Gasteiger partial charge in [0.15, 0.2) is 11.5 Å². The molecule has 1 aliphatic carbocycles. The summed E-state index contributed by atoms with van der Waals surface area (Å²) < 4.78 is 8.21. The van der Waals surface area contributed by atoms with E-state index in [0.29, 0.717) is 11.3 Å². The number of hydrogen-bond donors (Lipinski definition) is 1. The first-order chi connectivity index (χ1) is 10.7. The summed E-state index contributed by atoms with van der Waals surface area (Å²) in [5, 5.41) is 0. The molecule has 2 fully saturated rings. The molecule has 2 atom stereocenters. The van der Waals surface area contributed by atoms with Gasteiger partial charge in [0.05, 0.1) is 12.4 Å².